The van der Waals surface area contributed by atoms with Crippen molar-refractivity contribution >= 4 is 30.6 Å². The largest absolute Gasteiger partial charge is 0.390 e. The molecule has 6 saturated carbocycles. The van der Waals surface area contributed by atoms with E-state index in [4.69, 9.17) is 35.4 Å². The van der Waals surface area contributed by atoms with E-state index in [1.807, 2.05) is 25.2 Å². The standard InChI is InChI=1S/2C13H23N3.2C13H25N.C13H24O.C10H18O.C6H2.CH4.2ClH.2H2/c1-10(15-16-14)6-11-7-12(2,3)9-13(4,5)8-11;1-6-7-13(15-16-14)9-11(2,3)8-12(4,5)10-13;1-10(14)6-11-7-12(2,3)9-13(4,5)8-11;2*1-6-7-13(14)9-11(2,3)8-12(4,5)10-13;1-9(2)5-8(11)6-10(3,4)7-9;1-3-5-6-4-2;;;;;/h6,10H,7-9H2,1-5H3;6H,1,7-10H2,2-5H3;6,10H,7-9,14H2,1-5H3;6H,1,7-10,14H2,2-5H3;6,14H,1,7-10H2,2-5H3;5-7H2,1-4H3;1-2H;1H4;4*1H. The molecular weight excluding hydrogens is 1200 g/mol. The van der Waals surface area contributed by atoms with Gasteiger partial charge >= 0.3 is 0 Å². The average Bonchev–Trinajstić information content (AvgIpc) is 0.810. The average molecular weight is 1350 g/mol. The Labute approximate surface area is 596 Å². The minimum atomic E-state index is -0.521. The molecule has 94 heavy (non-hydrogen) atoms. The molecule has 0 bridgehead atoms. The summed E-state index contributed by atoms with van der Waals surface area (Å²) in [5.41, 5.74) is 35.5. The molecule has 0 aromatic rings. The van der Waals surface area contributed by atoms with Crippen LogP contribution in [0.2, 0.25) is 0 Å². The third kappa shape index (κ3) is 40.8. The van der Waals surface area contributed by atoms with E-state index in [2.05, 4.69) is 249 Å². The van der Waals surface area contributed by atoms with Crippen molar-refractivity contribution in [3.63, 3.8) is 0 Å². The lowest BCUT2D eigenvalue weighted by Gasteiger charge is -2.50. The number of allylic oxidation sites excluding steroid dienone is 2. The van der Waals surface area contributed by atoms with Crippen molar-refractivity contribution in [3.05, 3.63) is 82.1 Å². The van der Waals surface area contributed by atoms with Gasteiger partial charge < -0.3 is 16.6 Å². The van der Waals surface area contributed by atoms with Crippen molar-refractivity contribution in [1.29, 1.82) is 0 Å². The molecule has 6 aliphatic rings. The summed E-state index contributed by atoms with van der Waals surface area (Å²) in [7, 11) is 0. The van der Waals surface area contributed by atoms with E-state index in [1.165, 1.54) is 56.9 Å². The zero-order valence-electron chi connectivity index (χ0n) is 64.7. The Balaban J connectivity index is -0.000000247. The van der Waals surface area contributed by atoms with Crippen molar-refractivity contribution in [2.24, 2.45) is 86.7 Å². The first-order valence-corrected chi connectivity index (χ1v) is 34.3. The Morgan fingerprint density at radius 2 is 0.777 bits per heavy atom. The Morgan fingerprint density at radius 3 is 1.05 bits per heavy atom. The lowest BCUT2D eigenvalue weighted by molar-refractivity contribution is -0.127. The molecule has 6 aliphatic carbocycles. The molecule has 0 amide bonds. The van der Waals surface area contributed by atoms with Crippen LogP contribution in [0.1, 0.15) is 325 Å². The van der Waals surface area contributed by atoms with Gasteiger partial charge in [-0.15, -0.1) is 57.4 Å². The van der Waals surface area contributed by atoms with Crippen molar-refractivity contribution in [1.82, 2.24) is 0 Å². The molecule has 5 N–H and O–H groups in total. The first kappa shape index (κ1) is 96.5. The van der Waals surface area contributed by atoms with E-state index in [0.29, 0.717) is 38.3 Å². The van der Waals surface area contributed by atoms with Crippen molar-refractivity contribution in [2.45, 2.75) is 351 Å². The summed E-state index contributed by atoms with van der Waals surface area (Å²) in [6.07, 6.45) is 41.5. The van der Waals surface area contributed by atoms with Crippen LogP contribution in [0.15, 0.2) is 71.5 Å². The summed E-state index contributed by atoms with van der Waals surface area (Å²) in [5, 5.41) is 18.3. The first-order valence-electron chi connectivity index (χ1n) is 34.3. The molecule has 2 unspecified atom stereocenters. The number of carbonyl (C=O) groups excluding carboxylic acids is 1. The number of aliphatic hydroxyl groups is 1. The van der Waals surface area contributed by atoms with Crippen LogP contribution in [0.5, 0.6) is 0 Å². The third-order valence-electron chi connectivity index (χ3n) is 18.1. The number of azide groups is 2. The highest BCUT2D eigenvalue weighted by Gasteiger charge is 2.48. The highest BCUT2D eigenvalue weighted by molar-refractivity contribution is 5.85. The van der Waals surface area contributed by atoms with E-state index >= 15 is 0 Å². The number of nitrogens with two attached hydrogens (primary N) is 2. The number of halogens is 2. The van der Waals surface area contributed by atoms with Crippen molar-refractivity contribution < 1.29 is 12.8 Å². The van der Waals surface area contributed by atoms with Gasteiger partial charge in [-0.05, 0) is 229 Å². The van der Waals surface area contributed by atoms with E-state index < -0.39 is 5.60 Å². The van der Waals surface area contributed by atoms with Gasteiger partial charge in [-0.2, -0.15) is 0 Å². The Hall–Kier alpha value is -3.87. The zero-order chi connectivity index (χ0) is 71.4. The molecule has 0 saturated heterocycles. The molecule has 0 spiro atoms. The molecule has 0 aliphatic heterocycles. The van der Waals surface area contributed by atoms with Crippen LogP contribution in [0.3, 0.4) is 0 Å². The van der Waals surface area contributed by atoms with Crippen molar-refractivity contribution in [2.75, 3.05) is 0 Å². The van der Waals surface area contributed by atoms with Crippen LogP contribution in [0.25, 0.3) is 20.9 Å². The number of rotatable bonds is 10. The molecule has 0 heterocycles. The van der Waals surface area contributed by atoms with Crippen LogP contribution in [0.4, 0.5) is 0 Å². The molecule has 0 aromatic heterocycles. The van der Waals surface area contributed by atoms with Crippen molar-refractivity contribution in [3.8, 4) is 36.5 Å². The van der Waals surface area contributed by atoms with Gasteiger partial charge in [0.25, 0.3) is 0 Å². The summed E-state index contributed by atoms with van der Waals surface area (Å²) in [6, 6.07) is 0.180. The van der Waals surface area contributed by atoms with E-state index in [0.717, 1.165) is 83.5 Å². The number of terminal acetylenes is 2. The van der Waals surface area contributed by atoms with Crippen LogP contribution in [-0.2, 0) is 4.79 Å². The van der Waals surface area contributed by atoms with E-state index in [1.54, 1.807) is 5.57 Å². The molecule has 2 atom stereocenters. The summed E-state index contributed by atoms with van der Waals surface area (Å²) >= 11 is 0. The summed E-state index contributed by atoms with van der Waals surface area (Å²) < 4.78 is 0. The predicted octanol–water partition coefficient (Wildman–Crippen LogP) is 25.2. The second-order valence-corrected chi connectivity index (χ2v) is 39.2. The molecule has 12 heteroatoms. The van der Waals surface area contributed by atoms with Gasteiger partial charge in [0.2, 0.25) is 0 Å². The maximum absolute atomic E-state index is 11.3. The molecule has 544 valence electrons. The number of ketones is 1. The van der Waals surface area contributed by atoms with Crippen LogP contribution in [-0.4, -0.2) is 39.7 Å². The smallest absolute Gasteiger partial charge is 0.133 e. The van der Waals surface area contributed by atoms with Gasteiger partial charge in [0.15, 0.2) is 0 Å². The highest BCUT2D eigenvalue weighted by atomic mass is 35.5. The Bertz CT molecular complexity index is 2570. The fourth-order valence-electron chi connectivity index (χ4n) is 20.5. The lowest BCUT2D eigenvalue weighted by atomic mass is 9.58. The fraction of sp³-hybridized carbons (Fsp3) is 0.793. The van der Waals surface area contributed by atoms with Gasteiger partial charge in [-0.25, -0.2) is 0 Å². The van der Waals surface area contributed by atoms with Gasteiger partial charge in [0.05, 0.1) is 17.2 Å². The molecule has 0 radical (unpaired) electrons. The highest BCUT2D eigenvalue weighted by Crippen LogP contribution is 2.55. The second-order valence-electron chi connectivity index (χ2n) is 39.2. The molecule has 6 rings (SSSR count). The number of hydrogen-bond acceptors (Lipinski definition) is 6. The van der Waals surface area contributed by atoms with Crippen LogP contribution in [0, 0.1) is 102 Å². The second kappa shape index (κ2) is 37.9. The number of hydrogen-bond donors (Lipinski definition) is 3. The number of Topliss-reactive ketones (excluding diaryl/α,β-unsaturated/α-hetero) is 1. The fourth-order valence-corrected chi connectivity index (χ4v) is 20.5. The summed E-state index contributed by atoms with van der Waals surface area (Å²) in [5.74, 6) is 9.05. The quantitative estimate of drug-likeness (QED) is 0.0646. The van der Waals surface area contributed by atoms with Gasteiger partial charge in [0.1, 0.15) is 5.78 Å². The number of nitrogens with zero attached hydrogens (tertiary/aromatic N) is 6. The number of carbonyl (C=O) groups is 1. The summed E-state index contributed by atoms with van der Waals surface area (Å²) in [4.78, 5) is 17.2. The minimum absolute atomic E-state index is 0. The van der Waals surface area contributed by atoms with E-state index in [-0.39, 0.29) is 90.7 Å². The summed E-state index contributed by atoms with van der Waals surface area (Å²) in [6.45, 7) is 70.2. The first-order chi connectivity index (χ1) is 40.8. The van der Waals surface area contributed by atoms with Crippen LogP contribution < -0.4 is 11.5 Å². The zero-order valence-corrected chi connectivity index (χ0v) is 66.3. The van der Waals surface area contributed by atoms with Crippen LogP contribution >= 0.6 is 24.8 Å². The molecule has 10 nitrogen and oxygen atoms in total. The minimum Gasteiger partial charge on any atom is -0.390 e. The SMILES string of the molecule is C.C#CC#CC#C.C=CCC1(N)CC(C)(C)CC(C)(C)C1.C=CCC1(N=[N+]=[N-])CC(C)(C)CC(C)(C)C1.C=CCC1(O)CC(C)(C)CC(C)(C)C1.CC(C=C1CC(C)(C)CC(C)(C)C1)N=[N+]=[N-].CC(N)C=C1CC(C)(C)CC(C)(C)C1.CC1(C)CC(=O)CC(C)(C)C1.Cl.Cl.[HH].[HH]. The normalized spacial score (nSPS) is 24.5. The monoisotopic (exact) mass is 1350 g/mol. The van der Waals surface area contributed by atoms with E-state index in [9.17, 15) is 9.90 Å². The molecule has 6 fully saturated rings. The topological polar surface area (TPSA) is 187 Å². The van der Waals surface area contributed by atoms with Gasteiger partial charge in [-0.3, -0.25) is 4.79 Å². The maximum Gasteiger partial charge on any atom is 0.133 e. The lowest BCUT2D eigenvalue weighted by Crippen LogP contribution is -2.51. The van der Waals surface area contributed by atoms with Gasteiger partial charge in [0, 0.05) is 37.1 Å². The predicted molar refractivity (Wildman–Crippen MR) is 421 cm³/mol. The molecule has 0 aromatic carbocycles. The Morgan fingerprint density at radius 1 is 0.489 bits per heavy atom. The maximum atomic E-state index is 11.3. The third-order valence-corrected chi connectivity index (χ3v) is 18.1. The Kier molecular flexibility index (Phi) is 38.9. The molecular formula is C82H150Cl2N8O2. The van der Waals surface area contributed by atoms with Gasteiger partial charge in [-0.1, -0.05) is 232 Å².